The minimum atomic E-state index is -0.669. The molecule has 0 saturated heterocycles. The zero-order valence-corrected chi connectivity index (χ0v) is 20.0. The zero-order chi connectivity index (χ0) is 26.2. The Balaban J connectivity index is 1.89. The SMILES string of the molecule is COCCn1c(N)c(N(CCC(=O)Nc2cccc([N+](=O)[O-])c2C)Cc2ccccc2)c(=O)[nH]c1=O. The number of benzene rings is 2. The molecule has 3 rings (SSSR count). The van der Waals surface area contributed by atoms with Crippen molar-refractivity contribution < 1.29 is 14.5 Å². The first-order valence-electron chi connectivity index (χ1n) is 11.2. The van der Waals surface area contributed by atoms with Gasteiger partial charge in [-0.25, -0.2) is 4.79 Å². The maximum Gasteiger partial charge on any atom is 0.330 e. The van der Waals surface area contributed by atoms with Crippen LogP contribution in [-0.4, -0.2) is 40.6 Å². The predicted molar refractivity (Wildman–Crippen MR) is 136 cm³/mol. The highest BCUT2D eigenvalue weighted by Gasteiger charge is 2.21. The lowest BCUT2D eigenvalue weighted by atomic mass is 10.1. The summed E-state index contributed by atoms with van der Waals surface area (Å²) in [6, 6.07) is 13.7. The quantitative estimate of drug-likeness (QED) is 0.268. The standard InChI is InChI=1S/C24H28N6O6/c1-16-18(9-6-10-19(16)30(34)35)26-20(31)11-12-28(15-17-7-4-3-5-8-17)21-22(25)29(13-14-36-2)24(33)27-23(21)32/h3-10H,11-15,25H2,1-2H3,(H,26,31)(H,27,32,33). The fraction of sp³-hybridized carbons (Fsp3) is 0.292. The van der Waals surface area contributed by atoms with E-state index in [1.54, 1.807) is 17.9 Å². The molecule has 12 nitrogen and oxygen atoms in total. The number of ether oxygens (including phenoxy) is 1. The number of carbonyl (C=O) groups excluding carboxylic acids is 1. The van der Waals surface area contributed by atoms with Crippen molar-refractivity contribution in [1.29, 1.82) is 0 Å². The number of carbonyl (C=O) groups is 1. The van der Waals surface area contributed by atoms with Crippen molar-refractivity contribution in [2.75, 3.05) is 36.2 Å². The minimum absolute atomic E-state index is 0.0355. The molecule has 0 aliphatic heterocycles. The summed E-state index contributed by atoms with van der Waals surface area (Å²) >= 11 is 0. The topological polar surface area (TPSA) is 166 Å². The fourth-order valence-corrected chi connectivity index (χ4v) is 3.77. The molecule has 0 bridgehead atoms. The van der Waals surface area contributed by atoms with E-state index in [2.05, 4.69) is 10.3 Å². The van der Waals surface area contributed by atoms with Gasteiger partial charge in [0.2, 0.25) is 5.91 Å². The van der Waals surface area contributed by atoms with Gasteiger partial charge in [-0.1, -0.05) is 36.4 Å². The normalized spacial score (nSPS) is 10.7. The summed E-state index contributed by atoms with van der Waals surface area (Å²) in [6.07, 6.45) is -0.0506. The van der Waals surface area contributed by atoms with Crippen LogP contribution < -0.4 is 27.2 Å². The van der Waals surface area contributed by atoms with Crippen molar-refractivity contribution in [3.63, 3.8) is 0 Å². The van der Waals surface area contributed by atoms with Gasteiger partial charge in [-0.2, -0.15) is 0 Å². The highest BCUT2D eigenvalue weighted by molar-refractivity contribution is 5.92. The van der Waals surface area contributed by atoms with Crippen LogP contribution in [-0.2, 0) is 22.6 Å². The number of nitro groups is 1. The van der Waals surface area contributed by atoms with E-state index in [-0.39, 0.29) is 49.9 Å². The molecule has 3 aromatic rings. The molecule has 0 radical (unpaired) electrons. The first kappa shape index (κ1) is 26.2. The van der Waals surface area contributed by atoms with Gasteiger partial charge in [0, 0.05) is 32.7 Å². The van der Waals surface area contributed by atoms with Gasteiger partial charge in [0.15, 0.2) is 0 Å². The van der Waals surface area contributed by atoms with Crippen LogP contribution in [0.15, 0.2) is 58.1 Å². The summed E-state index contributed by atoms with van der Waals surface area (Å²) in [5, 5.41) is 13.9. The van der Waals surface area contributed by atoms with E-state index in [9.17, 15) is 24.5 Å². The molecule has 0 unspecified atom stereocenters. The van der Waals surface area contributed by atoms with Crippen molar-refractivity contribution in [3.8, 4) is 0 Å². The number of aromatic nitrogens is 2. The van der Waals surface area contributed by atoms with Gasteiger partial charge in [0.05, 0.1) is 29.3 Å². The van der Waals surface area contributed by atoms with Crippen LogP contribution >= 0.6 is 0 Å². The molecule has 1 amide bonds. The molecule has 0 spiro atoms. The van der Waals surface area contributed by atoms with Crippen LogP contribution in [0, 0.1) is 17.0 Å². The third-order valence-electron chi connectivity index (χ3n) is 5.65. The molecular weight excluding hydrogens is 468 g/mol. The molecule has 36 heavy (non-hydrogen) atoms. The molecule has 2 aromatic carbocycles. The molecule has 190 valence electrons. The lowest BCUT2D eigenvalue weighted by molar-refractivity contribution is -0.385. The Kier molecular flexibility index (Phi) is 8.57. The number of rotatable bonds is 11. The number of nitrogens with two attached hydrogens (primary N) is 1. The lowest BCUT2D eigenvalue weighted by Gasteiger charge is -2.26. The first-order valence-corrected chi connectivity index (χ1v) is 11.2. The molecule has 0 atom stereocenters. The average Bonchev–Trinajstić information content (AvgIpc) is 2.84. The smallest absolute Gasteiger partial charge is 0.330 e. The van der Waals surface area contributed by atoms with E-state index < -0.39 is 22.1 Å². The number of nitrogen functional groups attached to an aromatic ring is 1. The lowest BCUT2D eigenvalue weighted by Crippen LogP contribution is -2.39. The fourth-order valence-electron chi connectivity index (χ4n) is 3.77. The van der Waals surface area contributed by atoms with Crippen LogP contribution in [0.25, 0.3) is 0 Å². The summed E-state index contributed by atoms with van der Waals surface area (Å²) in [5.74, 6) is -0.439. The van der Waals surface area contributed by atoms with Crippen LogP contribution in [0.1, 0.15) is 17.5 Å². The van der Waals surface area contributed by atoms with Gasteiger partial charge < -0.3 is 20.7 Å². The average molecular weight is 497 g/mol. The summed E-state index contributed by atoms with van der Waals surface area (Å²) in [7, 11) is 1.48. The number of nitrogens with zero attached hydrogens (tertiary/aromatic N) is 3. The highest BCUT2D eigenvalue weighted by atomic mass is 16.6. The number of aromatic amines is 1. The molecular formula is C24H28N6O6. The van der Waals surface area contributed by atoms with Crippen molar-refractivity contribution in [2.45, 2.75) is 26.4 Å². The van der Waals surface area contributed by atoms with Gasteiger partial charge >= 0.3 is 5.69 Å². The molecule has 0 saturated carbocycles. The van der Waals surface area contributed by atoms with Crippen molar-refractivity contribution in [2.24, 2.45) is 0 Å². The van der Waals surface area contributed by atoms with Crippen molar-refractivity contribution >= 4 is 28.8 Å². The number of hydrogen-bond acceptors (Lipinski definition) is 8. The summed E-state index contributed by atoms with van der Waals surface area (Å²) in [5.41, 5.74) is 6.42. The second-order valence-electron chi connectivity index (χ2n) is 8.05. The third kappa shape index (κ3) is 6.16. The monoisotopic (exact) mass is 496 g/mol. The van der Waals surface area contributed by atoms with Crippen molar-refractivity contribution in [1.82, 2.24) is 9.55 Å². The second-order valence-corrected chi connectivity index (χ2v) is 8.05. The molecule has 1 aromatic heterocycles. The Morgan fingerprint density at radius 2 is 1.92 bits per heavy atom. The number of H-pyrrole nitrogens is 1. The van der Waals surface area contributed by atoms with Gasteiger partial charge in [-0.15, -0.1) is 0 Å². The van der Waals surface area contributed by atoms with Crippen molar-refractivity contribution in [3.05, 3.63) is 90.6 Å². The number of nitrogens with one attached hydrogen (secondary N) is 2. The van der Waals surface area contributed by atoms with Crippen LogP contribution in [0.5, 0.6) is 0 Å². The molecule has 12 heteroatoms. The number of anilines is 3. The van der Waals surface area contributed by atoms with Gasteiger partial charge in [0.25, 0.3) is 11.2 Å². The Labute approximate surface area is 206 Å². The number of hydrogen-bond donors (Lipinski definition) is 3. The molecule has 0 aliphatic rings. The highest BCUT2D eigenvalue weighted by Crippen LogP contribution is 2.25. The number of amides is 1. The van der Waals surface area contributed by atoms with Gasteiger partial charge in [-0.05, 0) is 18.6 Å². The Hall–Kier alpha value is -4.45. The Morgan fingerprint density at radius 1 is 1.19 bits per heavy atom. The van der Waals surface area contributed by atoms with Gasteiger partial charge in [-0.3, -0.25) is 29.3 Å². The van der Waals surface area contributed by atoms with E-state index in [0.717, 1.165) is 5.56 Å². The summed E-state index contributed by atoms with van der Waals surface area (Å²) < 4.78 is 6.25. The zero-order valence-electron chi connectivity index (χ0n) is 20.0. The maximum absolute atomic E-state index is 12.8. The van der Waals surface area contributed by atoms with E-state index in [4.69, 9.17) is 10.5 Å². The number of methoxy groups -OCH3 is 1. The Bertz CT molecular complexity index is 1350. The second kappa shape index (κ2) is 11.8. The van der Waals surface area contributed by atoms with Crippen LogP contribution in [0.3, 0.4) is 0 Å². The van der Waals surface area contributed by atoms with Gasteiger partial charge in [0.1, 0.15) is 11.5 Å². The first-order chi connectivity index (χ1) is 17.2. The van der Waals surface area contributed by atoms with Crippen LogP contribution in [0.4, 0.5) is 22.9 Å². The molecule has 0 aliphatic carbocycles. The Morgan fingerprint density at radius 3 is 2.58 bits per heavy atom. The minimum Gasteiger partial charge on any atom is -0.383 e. The van der Waals surface area contributed by atoms with E-state index in [0.29, 0.717) is 11.3 Å². The summed E-state index contributed by atoms with van der Waals surface area (Å²) in [6.45, 7) is 2.24. The molecule has 4 N–H and O–H groups in total. The number of nitro benzene ring substituents is 1. The predicted octanol–water partition coefficient (Wildman–Crippen LogP) is 2.02. The van der Waals surface area contributed by atoms with E-state index >= 15 is 0 Å². The summed E-state index contributed by atoms with van der Waals surface area (Å²) in [4.78, 5) is 52.5. The molecule has 1 heterocycles. The maximum atomic E-state index is 12.8. The largest absolute Gasteiger partial charge is 0.383 e. The third-order valence-corrected chi connectivity index (χ3v) is 5.65. The van der Waals surface area contributed by atoms with E-state index in [1.165, 1.54) is 23.8 Å². The van der Waals surface area contributed by atoms with E-state index in [1.807, 2.05) is 30.3 Å². The van der Waals surface area contributed by atoms with Crippen LogP contribution in [0.2, 0.25) is 0 Å². The molecule has 0 fully saturated rings.